The fourth-order valence-electron chi connectivity index (χ4n) is 1.50. The lowest BCUT2D eigenvalue weighted by atomic mass is 10.2. The van der Waals surface area contributed by atoms with Crippen molar-refractivity contribution >= 4 is 23.5 Å². The third kappa shape index (κ3) is 3.54. The highest BCUT2D eigenvalue weighted by atomic mass is 35.5. The molecule has 3 amide bonds. The van der Waals surface area contributed by atoms with E-state index in [-0.39, 0.29) is 6.04 Å². The minimum absolute atomic E-state index is 0.216. The van der Waals surface area contributed by atoms with Gasteiger partial charge in [-0.05, 0) is 19.8 Å². The van der Waals surface area contributed by atoms with Crippen LogP contribution in [0.25, 0.3) is 0 Å². The predicted octanol–water partition coefficient (Wildman–Crippen LogP) is 1.38. The van der Waals surface area contributed by atoms with Crippen LogP contribution in [0.3, 0.4) is 0 Å². The number of amides is 3. The SMILES string of the molecule is CC(Cl)C(=O)NC(=O)NC1CCCC1. The molecule has 5 heteroatoms. The van der Waals surface area contributed by atoms with Crippen molar-refractivity contribution in [2.24, 2.45) is 0 Å². The Hall–Kier alpha value is -0.770. The van der Waals surface area contributed by atoms with Crippen molar-refractivity contribution in [1.82, 2.24) is 10.6 Å². The predicted molar refractivity (Wildman–Crippen MR) is 54.2 cm³/mol. The fraction of sp³-hybridized carbons (Fsp3) is 0.778. The van der Waals surface area contributed by atoms with E-state index < -0.39 is 17.3 Å². The number of carbonyl (C=O) groups excluding carboxylic acids is 2. The third-order valence-electron chi connectivity index (χ3n) is 2.29. The second-order valence-electron chi connectivity index (χ2n) is 3.56. The van der Waals surface area contributed by atoms with Gasteiger partial charge in [-0.1, -0.05) is 12.8 Å². The molecular weight excluding hydrogens is 204 g/mol. The fourth-order valence-corrected chi connectivity index (χ4v) is 1.56. The van der Waals surface area contributed by atoms with E-state index in [4.69, 9.17) is 11.6 Å². The van der Waals surface area contributed by atoms with E-state index in [1.54, 1.807) is 0 Å². The maximum Gasteiger partial charge on any atom is 0.321 e. The van der Waals surface area contributed by atoms with Crippen molar-refractivity contribution in [2.45, 2.75) is 44.0 Å². The van der Waals surface area contributed by atoms with E-state index in [9.17, 15) is 9.59 Å². The first-order valence-electron chi connectivity index (χ1n) is 4.85. The van der Waals surface area contributed by atoms with Crippen molar-refractivity contribution in [3.63, 3.8) is 0 Å². The Morgan fingerprint density at radius 1 is 1.36 bits per heavy atom. The van der Waals surface area contributed by atoms with Crippen LogP contribution in [0.4, 0.5) is 4.79 Å². The number of nitrogens with one attached hydrogen (secondary N) is 2. The molecule has 0 bridgehead atoms. The van der Waals surface area contributed by atoms with Crippen LogP contribution in [0, 0.1) is 0 Å². The number of imide groups is 1. The highest BCUT2D eigenvalue weighted by molar-refractivity contribution is 6.31. The molecule has 0 aromatic heterocycles. The molecule has 0 heterocycles. The lowest BCUT2D eigenvalue weighted by molar-refractivity contribution is -0.119. The van der Waals surface area contributed by atoms with Crippen LogP contribution in [-0.4, -0.2) is 23.4 Å². The van der Waals surface area contributed by atoms with Gasteiger partial charge in [-0.2, -0.15) is 0 Å². The zero-order chi connectivity index (χ0) is 10.6. The van der Waals surface area contributed by atoms with E-state index in [1.807, 2.05) is 0 Å². The van der Waals surface area contributed by atoms with Gasteiger partial charge >= 0.3 is 6.03 Å². The first-order valence-corrected chi connectivity index (χ1v) is 5.28. The highest BCUT2D eigenvalue weighted by Gasteiger charge is 2.19. The number of hydrogen-bond donors (Lipinski definition) is 2. The number of carbonyl (C=O) groups is 2. The molecule has 0 aliphatic heterocycles. The van der Waals surface area contributed by atoms with Gasteiger partial charge in [0.2, 0.25) is 5.91 Å². The van der Waals surface area contributed by atoms with Gasteiger partial charge in [-0.3, -0.25) is 10.1 Å². The number of urea groups is 1. The van der Waals surface area contributed by atoms with Gasteiger partial charge < -0.3 is 5.32 Å². The number of hydrogen-bond acceptors (Lipinski definition) is 2. The third-order valence-corrected chi connectivity index (χ3v) is 2.49. The maximum absolute atomic E-state index is 11.2. The zero-order valence-corrected chi connectivity index (χ0v) is 8.93. The smallest absolute Gasteiger partial charge is 0.321 e. The van der Waals surface area contributed by atoms with Crippen LogP contribution in [-0.2, 0) is 4.79 Å². The molecule has 1 unspecified atom stereocenters. The molecule has 14 heavy (non-hydrogen) atoms. The van der Waals surface area contributed by atoms with Crippen LogP contribution >= 0.6 is 11.6 Å². The summed E-state index contributed by atoms with van der Waals surface area (Å²) < 4.78 is 0. The van der Waals surface area contributed by atoms with Crippen molar-refractivity contribution in [3.05, 3.63) is 0 Å². The van der Waals surface area contributed by atoms with Gasteiger partial charge in [0.15, 0.2) is 0 Å². The Balaban J connectivity index is 2.24. The first-order chi connectivity index (χ1) is 6.59. The summed E-state index contributed by atoms with van der Waals surface area (Å²) in [6.07, 6.45) is 4.28. The van der Waals surface area contributed by atoms with Crippen molar-refractivity contribution in [3.8, 4) is 0 Å². The van der Waals surface area contributed by atoms with E-state index in [0.29, 0.717) is 0 Å². The summed E-state index contributed by atoms with van der Waals surface area (Å²) in [5, 5.41) is 4.24. The topological polar surface area (TPSA) is 58.2 Å². The molecule has 1 aliphatic rings. The van der Waals surface area contributed by atoms with Gasteiger partial charge in [0, 0.05) is 6.04 Å². The number of halogens is 1. The molecule has 1 aliphatic carbocycles. The maximum atomic E-state index is 11.2. The largest absolute Gasteiger partial charge is 0.335 e. The quantitative estimate of drug-likeness (QED) is 0.688. The summed E-state index contributed by atoms with van der Waals surface area (Å²) in [6, 6.07) is -0.220. The van der Waals surface area contributed by atoms with Gasteiger partial charge in [0.25, 0.3) is 0 Å². The normalized spacial score (nSPS) is 19.0. The lowest BCUT2D eigenvalue weighted by Crippen LogP contribution is -2.45. The molecule has 1 rings (SSSR count). The van der Waals surface area contributed by atoms with Crippen LogP contribution in [0.15, 0.2) is 0 Å². The van der Waals surface area contributed by atoms with E-state index in [2.05, 4.69) is 10.6 Å². The monoisotopic (exact) mass is 218 g/mol. The van der Waals surface area contributed by atoms with Crippen molar-refractivity contribution in [2.75, 3.05) is 0 Å². The molecule has 1 atom stereocenters. The molecule has 4 nitrogen and oxygen atoms in total. The molecule has 1 saturated carbocycles. The summed E-state index contributed by atoms with van der Waals surface area (Å²) in [5.74, 6) is -0.456. The number of alkyl halides is 1. The molecule has 0 spiro atoms. The van der Waals surface area contributed by atoms with Crippen LogP contribution in [0.1, 0.15) is 32.6 Å². The molecule has 0 saturated heterocycles. The first kappa shape index (κ1) is 11.3. The molecule has 2 N–H and O–H groups in total. The second kappa shape index (κ2) is 5.20. The average molecular weight is 219 g/mol. The van der Waals surface area contributed by atoms with E-state index >= 15 is 0 Å². The zero-order valence-electron chi connectivity index (χ0n) is 8.18. The minimum Gasteiger partial charge on any atom is -0.335 e. The standard InChI is InChI=1S/C9H15ClN2O2/c1-6(10)8(13)12-9(14)11-7-4-2-3-5-7/h6-7H,2-5H2,1H3,(H2,11,12,13,14). The van der Waals surface area contributed by atoms with Crippen LogP contribution in [0.2, 0.25) is 0 Å². The van der Waals surface area contributed by atoms with Crippen LogP contribution in [0.5, 0.6) is 0 Å². The summed E-state index contributed by atoms with van der Waals surface area (Å²) in [7, 11) is 0. The van der Waals surface area contributed by atoms with Crippen molar-refractivity contribution in [1.29, 1.82) is 0 Å². The van der Waals surface area contributed by atoms with E-state index in [0.717, 1.165) is 25.7 Å². The molecular formula is C9H15ClN2O2. The number of rotatable bonds is 2. The average Bonchev–Trinajstić information content (AvgIpc) is 2.56. The molecule has 0 aromatic carbocycles. The molecule has 80 valence electrons. The summed E-state index contributed by atoms with van der Waals surface area (Å²) in [5.41, 5.74) is 0. The Morgan fingerprint density at radius 2 is 1.93 bits per heavy atom. The molecule has 0 aromatic rings. The Morgan fingerprint density at radius 3 is 2.43 bits per heavy atom. The Bertz CT molecular complexity index is 225. The summed E-state index contributed by atoms with van der Waals surface area (Å²) in [6.45, 7) is 1.53. The van der Waals surface area contributed by atoms with Gasteiger partial charge in [0.1, 0.15) is 5.38 Å². The Kier molecular flexibility index (Phi) is 4.20. The Labute approximate surface area is 88.4 Å². The second-order valence-corrected chi connectivity index (χ2v) is 4.21. The molecule has 0 radical (unpaired) electrons. The van der Waals surface area contributed by atoms with Crippen LogP contribution < -0.4 is 10.6 Å². The summed E-state index contributed by atoms with van der Waals surface area (Å²) in [4.78, 5) is 22.2. The van der Waals surface area contributed by atoms with E-state index in [1.165, 1.54) is 6.92 Å². The van der Waals surface area contributed by atoms with Gasteiger partial charge in [0.05, 0.1) is 0 Å². The van der Waals surface area contributed by atoms with Gasteiger partial charge in [-0.15, -0.1) is 11.6 Å². The van der Waals surface area contributed by atoms with Crippen molar-refractivity contribution < 1.29 is 9.59 Å². The molecule has 1 fully saturated rings. The van der Waals surface area contributed by atoms with Gasteiger partial charge in [-0.25, -0.2) is 4.79 Å². The highest BCUT2D eigenvalue weighted by Crippen LogP contribution is 2.17. The lowest BCUT2D eigenvalue weighted by Gasteiger charge is -2.12. The minimum atomic E-state index is -0.677. The summed E-state index contributed by atoms with van der Waals surface area (Å²) >= 11 is 5.50.